The van der Waals surface area contributed by atoms with Crippen LogP contribution in [0.15, 0.2) is 5.11 Å². The first-order valence-corrected chi connectivity index (χ1v) is 4.08. The molecule has 0 amide bonds. The molecule has 0 N–H and O–H groups in total. The monoisotopic (exact) mass is 172 g/mol. The maximum Gasteiger partial charge on any atom is 0.0593 e. The Bertz CT molecular complexity index is 144. The minimum absolute atomic E-state index is 0.527. The van der Waals surface area contributed by atoms with Gasteiger partial charge in [0.15, 0.2) is 0 Å². The van der Waals surface area contributed by atoms with Crippen molar-refractivity contribution >= 4 is 0 Å². The third-order valence-corrected chi connectivity index (χ3v) is 1.47. The standard InChI is InChI=1S/C7H16N4O/c1-3-12-7-6-11(2)5-4-9-10-8/h3-7H2,1-2H3. The Balaban J connectivity index is 3.20. The molecule has 0 saturated carbocycles. The van der Waals surface area contributed by atoms with Crippen molar-refractivity contribution in [3.63, 3.8) is 0 Å². The molecule has 5 nitrogen and oxygen atoms in total. The molecular weight excluding hydrogens is 156 g/mol. The van der Waals surface area contributed by atoms with Crippen LogP contribution in [0.1, 0.15) is 6.92 Å². The first kappa shape index (κ1) is 11.2. The van der Waals surface area contributed by atoms with Crippen LogP contribution in [0.4, 0.5) is 0 Å². The van der Waals surface area contributed by atoms with Gasteiger partial charge in [0, 0.05) is 31.2 Å². The van der Waals surface area contributed by atoms with Gasteiger partial charge in [-0.2, -0.15) is 0 Å². The van der Waals surface area contributed by atoms with E-state index in [4.69, 9.17) is 10.3 Å². The number of hydrogen-bond donors (Lipinski definition) is 0. The highest BCUT2D eigenvalue weighted by Gasteiger charge is 1.95. The highest BCUT2D eigenvalue weighted by atomic mass is 16.5. The van der Waals surface area contributed by atoms with Crippen LogP contribution >= 0.6 is 0 Å². The summed E-state index contributed by atoms with van der Waals surface area (Å²) in [4.78, 5) is 4.74. The van der Waals surface area contributed by atoms with Gasteiger partial charge in [0.1, 0.15) is 0 Å². The fourth-order valence-electron chi connectivity index (χ4n) is 0.737. The summed E-state index contributed by atoms with van der Waals surface area (Å²) in [6.07, 6.45) is 0. The maximum atomic E-state index is 8.01. The first-order valence-electron chi connectivity index (χ1n) is 4.08. The quantitative estimate of drug-likeness (QED) is 0.251. The molecule has 5 heteroatoms. The van der Waals surface area contributed by atoms with Gasteiger partial charge in [0.25, 0.3) is 0 Å². The van der Waals surface area contributed by atoms with E-state index in [0.29, 0.717) is 6.54 Å². The van der Waals surface area contributed by atoms with E-state index in [9.17, 15) is 0 Å². The second kappa shape index (κ2) is 8.33. The Kier molecular flexibility index (Phi) is 7.79. The lowest BCUT2D eigenvalue weighted by Gasteiger charge is -2.14. The minimum Gasteiger partial charge on any atom is -0.380 e. The SMILES string of the molecule is CCOCCN(C)CCN=[N+]=[N-]. The predicted molar refractivity (Wildman–Crippen MR) is 48.0 cm³/mol. The van der Waals surface area contributed by atoms with Gasteiger partial charge >= 0.3 is 0 Å². The summed E-state index contributed by atoms with van der Waals surface area (Å²) in [6, 6.07) is 0. The third kappa shape index (κ3) is 7.34. The van der Waals surface area contributed by atoms with Crippen LogP contribution < -0.4 is 0 Å². The highest BCUT2D eigenvalue weighted by molar-refractivity contribution is 4.53. The molecule has 0 aromatic heterocycles. The molecule has 0 aliphatic rings. The summed E-state index contributed by atoms with van der Waals surface area (Å²) in [6.45, 7) is 5.67. The Morgan fingerprint density at radius 1 is 1.50 bits per heavy atom. The van der Waals surface area contributed by atoms with Crippen molar-refractivity contribution in [2.45, 2.75) is 6.92 Å². The second-order valence-corrected chi connectivity index (χ2v) is 2.45. The van der Waals surface area contributed by atoms with Gasteiger partial charge in [-0.1, -0.05) is 5.11 Å². The molecular formula is C7H16N4O. The van der Waals surface area contributed by atoms with Crippen molar-refractivity contribution in [3.05, 3.63) is 10.4 Å². The van der Waals surface area contributed by atoms with Crippen molar-refractivity contribution in [1.82, 2.24) is 4.90 Å². The largest absolute Gasteiger partial charge is 0.380 e. The molecule has 0 aromatic carbocycles. The van der Waals surface area contributed by atoms with Gasteiger partial charge in [-0.05, 0) is 19.5 Å². The average molecular weight is 172 g/mol. The van der Waals surface area contributed by atoms with Crippen LogP contribution in [0.5, 0.6) is 0 Å². The summed E-state index contributed by atoms with van der Waals surface area (Å²) in [5.41, 5.74) is 8.01. The number of likely N-dealkylation sites (N-methyl/N-ethyl adjacent to an activating group) is 1. The molecule has 0 saturated heterocycles. The average Bonchev–Trinajstić information content (AvgIpc) is 2.06. The number of azide groups is 1. The fourth-order valence-corrected chi connectivity index (χ4v) is 0.737. The lowest BCUT2D eigenvalue weighted by Crippen LogP contribution is -2.25. The first-order chi connectivity index (χ1) is 5.81. The van der Waals surface area contributed by atoms with Crippen molar-refractivity contribution in [3.8, 4) is 0 Å². The summed E-state index contributed by atoms with van der Waals surface area (Å²) in [5, 5.41) is 3.44. The number of ether oxygens (including phenoxy) is 1. The Morgan fingerprint density at radius 2 is 2.25 bits per heavy atom. The molecule has 0 spiro atoms. The van der Waals surface area contributed by atoms with Gasteiger partial charge in [-0.25, -0.2) is 0 Å². The van der Waals surface area contributed by atoms with Crippen molar-refractivity contribution < 1.29 is 4.74 Å². The van der Waals surface area contributed by atoms with Gasteiger partial charge < -0.3 is 9.64 Å². The predicted octanol–water partition coefficient (Wildman–Crippen LogP) is 1.26. The smallest absolute Gasteiger partial charge is 0.0593 e. The van der Waals surface area contributed by atoms with Crippen molar-refractivity contribution in [1.29, 1.82) is 0 Å². The van der Waals surface area contributed by atoms with Crippen LogP contribution in [0.25, 0.3) is 10.4 Å². The molecule has 0 atom stereocenters. The zero-order chi connectivity index (χ0) is 9.23. The normalized spacial score (nSPS) is 9.92. The molecule has 0 aromatic rings. The number of nitrogens with zero attached hydrogens (tertiary/aromatic N) is 4. The van der Waals surface area contributed by atoms with E-state index in [1.165, 1.54) is 0 Å². The van der Waals surface area contributed by atoms with Gasteiger partial charge in [-0.3, -0.25) is 0 Å². The summed E-state index contributed by atoms with van der Waals surface area (Å²) in [7, 11) is 1.98. The molecule has 0 unspecified atom stereocenters. The molecule has 70 valence electrons. The van der Waals surface area contributed by atoms with Crippen LogP contribution in [-0.4, -0.2) is 44.8 Å². The molecule has 0 radical (unpaired) electrons. The van der Waals surface area contributed by atoms with E-state index in [1.54, 1.807) is 0 Å². The van der Waals surface area contributed by atoms with Gasteiger partial charge in [0.2, 0.25) is 0 Å². The summed E-state index contributed by atoms with van der Waals surface area (Å²) < 4.78 is 5.17. The van der Waals surface area contributed by atoms with Crippen molar-refractivity contribution in [2.24, 2.45) is 5.11 Å². The van der Waals surface area contributed by atoms with Crippen LogP contribution in [0.2, 0.25) is 0 Å². The van der Waals surface area contributed by atoms with E-state index >= 15 is 0 Å². The molecule has 0 heterocycles. The lowest BCUT2D eigenvalue weighted by atomic mass is 10.5. The van der Waals surface area contributed by atoms with E-state index in [2.05, 4.69) is 14.9 Å². The maximum absolute atomic E-state index is 8.01. The molecule has 0 aliphatic heterocycles. The third-order valence-electron chi connectivity index (χ3n) is 1.47. The van der Waals surface area contributed by atoms with E-state index in [1.807, 2.05) is 14.0 Å². The van der Waals surface area contributed by atoms with E-state index in [-0.39, 0.29) is 0 Å². The topological polar surface area (TPSA) is 61.2 Å². The minimum atomic E-state index is 0.527. The summed E-state index contributed by atoms with van der Waals surface area (Å²) >= 11 is 0. The number of rotatable bonds is 7. The zero-order valence-electron chi connectivity index (χ0n) is 7.73. The zero-order valence-corrected chi connectivity index (χ0v) is 7.73. The van der Waals surface area contributed by atoms with E-state index < -0.39 is 0 Å². The summed E-state index contributed by atoms with van der Waals surface area (Å²) in [5.74, 6) is 0. The Hall–Kier alpha value is -0.770. The lowest BCUT2D eigenvalue weighted by molar-refractivity contribution is 0.123. The highest BCUT2D eigenvalue weighted by Crippen LogP contribution is 1.84. The Labute approximate surface area is 72.9 Å². The molecule has 0 aliphatic carbocycles. The molecule has 12 heavy (non-hydrogen) atoms. The Morgan fingerprint density at radius 3 is 2.83 bits per heavy atom. The molecule has 0 rings (SSSR count). The van der Waals surface area contributed by atoms with E-state index in [0.717, 1.165) is 26.3 Å². The van der Waals surface area contributed by atoms with Gasteiger partial charge in [0.05, 0.1) is 6.61 Å². The number of hydrogen-bond acceptors (Lipinski definition) is 3. The van der Waals surface area contributed by atoms with Crippen LogP contribution in [-0.2, 0) is 4.74 Å². The van der Waals surface area contributed by atoms with Gasteiger partial charge in [-0.15, -0.1) is 0 Å². The fraction of sp³-hybridized carbons (Fsp3) is 1.00. The second-order valence-electron chi connectivity index (χ2n) is 2.45. The van der Waals surface area contributed by atoms with Crippen LogP contribution in [0.3, 0.4) is 0 Å². The molecule has 0 fully saturated rings. The molecule has 0 bridgehead atoms. The van der Waals surface area contributed by atoms with Crippen molar-refractivity contribution in [2.75, 3.05) is 39.9 Å². The van der Waals surface area contributed by atoms with Crippen LogP contribution in [0, 0.1) is 0 Å².